The maximum absolute atomic E-state index is 10.9. The number of carboxylic acid groups (broad SMARTS) is 1. The molecule has 0 saturated carbocycles. The van der Waals surface area contributed by atoms with E-state index in [1.165, 1.54) is 6.07 Å². The Balaban J connectivity index is 2.28. The van der Waals surface area contributed by atoms with Crippen LogP contribution >= 0.6 is 0 Å². The number of hydrogen-bond donors (Lipinski definition) is 1. The van der Waals surface area contributed by atoms with Gasteiger partial charge >= 0.3 is 5.97 Å². The number of carbonyl (C=O) groups is 1. The Morgan fingerprint density at radius 3 is 2.40 bits per heavy atom. The molecule has 4 nitrogen and oxygen atoms in total. The molecule has 4 heteroatoms. The van der Waals surface area contributed by atoms with E-state index >= 15 is 0 Å². The fourth-order valence-corrected chi connectivity index (χ4v) is 1.82. The Bertz CT molecular complexity index is 620. The molecule has 104 valence electrons. The number of ether oxygens (including phenoxy) is 2. The predicted octanol–water partition coefficient (Wildman–Crippen LogP) is 3.88. The molecule has 0 atom stereocenters. The fraction of sp³-hybridized carbons (Fsp3) is 0.188. The van der Waals surface area contributed by atoms with Gasteiger partial charge in [-0.2, -0.15) is 0 Å². The number of hydrogen-bond acceptors (Lipinski definition) is 3. The molecule has 0 heterocycles. The second-order valence-corrected chi connectivity index (χ2v) is 4.27. The number of carboxylic acids is 1. The third-order valence-corrected chi connectivity index (χ3v) is 2.79. The van der Waals surface area contributed by atoms with Gasteiger partial charge in [0, 0.05) is 0 Å². The van der Waals surface area contributed by atoms with Crippen LogP contribution in [0, 0.1) is 6.92 Å². The first kappa shape index (κ1) is 13.9. The molecular formula is C16H16O4. The van der Waals surface area contributed by atoms with Crippen molar-refractivity contribution in [1.82, 2.24) is 0 Å². The number of para-hydroxylation sites is 2. The van der Waals surface area contributed by atoms with E-state index < -0.39 is 5.97 Å². The van der Waals surface area contributed by atoms with E-state index in [-0.39, 0.29) is 5.56 Å². The molecule has 2 rings (SSSR count). The van der Waals surface area contributed by atoms with Crippen LogP contribution in [0.25, 0.3) is 0 Å². The molecule has 1 N–H and O–H groups in total. The van der Waals surface area contributed by atoms with Crippen molar-refractivity contribution in [2.75, 3.05) is 6.61 Å². The summed E-state index contributed by atoms with van der Waals surface area (Å²) in [5, 5.41) is 8.94. The Hall–Kier alpha value is -2.49. The zero-order valence-electron chi connectivity index (χ0n) is 11.4. The highest BCUT2D eigenvalue weighted by atomic mass is 16.5. The van der Waals surface area contributed by atoms with Gasteiger partial charge in [0.1, 0.15) is 5.75 Å². The first-order chi connectivity index (χ1) is 9.61. The molecule has 0 amide bonds. The topological polar surface area (TPSA) is 55.8 Å². The van der Waals surface area contributed by atoms with Crippen LogP contribution in [-0.2, 0) is 0 Å². The van der Waals surface area contributed by atoms with E-state index in [1.807, 2.05) is 38.1 Å². The summed E-state index contributed by atoms with van der Waals surface area (Å²) in [5.74, 6) is 0.939. The summed E-state index contributed by atoms with van der Waals surface area (Å²) in [7, 11) is 0. The van der Waals surface area contributed by atoms with Crippen molar-refractivity contribution in [3.63, 3.8) is 0 Å². The van der Waals surface area contributed by atoms with Crippen LogP contribution in [0.5, 0.6) is 17.2 Å². The van der Waals surface area contributed by atoms with E-state index in [4.69, 9.17) is 14.6 Å². The zero-order valence-corrected chi connectivity index (χ0v) is 11.4. The normalized spacial score (nSPS) is 10.1. The standard InChI is InChI=1S/C16H16O4/c1-3-19-14-6-4-5-7-15(14)20-13-9-8-12(16(17)18)10-11(13)2/h4-10H,3H2,1-2H3,(H,17,18). The quantitative estimate of drug-likeness (QED) is 0.897. The van der Waals surface area contributed by atoms with E-state index in [0.717, 1.165) is 5.56 Å². The highest BCUT2D eigenvalue weighted by Crippen LogP contribution is 2.33. The minimum Gasteiger partial charge on any atom is -0.490 e. The van der Waals surface area contributed by atoms with Gasteiger partial charge in [-0.15, -0.1) is 0 Å². The molecule has 0 aliphatic carbocycles. The van der Waals surface area contributed by atoms with Crippen molar-refractivity contribution in [3.8, 4) is 17.2 Å². The number of aromatic carboxylic acids is 1. The Morgan fingerprint density at radius 2 is 1.80 bits per heavy atom. The van der Waals surface area contributed by atoms with Crippen molar-refractivity contribution in [1.29, 1.82) is 0 Å². The lowest BCUT2D eigenvalue weighted by atomic mass is 10.1. The van der Waals surface area contributed by atoms with Crippen molar-refractivity contribution in [2.45, 2.75) is 13.8 Å². The van der Waals surface area contributed by atoms with E-state index in [0.29, 0.717) is 23.9 Å². The molecule has 0 aliphatic rings. The average molecular weight is 272 g/mol. The monoisotopic (exact) mass is 272 g/mol. The summed E-state index contributed by atoms with van der Waals surface area (Å²) in [6, 6.07) is 12.1. The van der Waals surface area contributed by atoms with Crippen molar-refractivity contribution in [3.05, 3.63) is 53.6 Å². The minimum absolute atomic E-state index is 0.243. The van der Waals surface area contributed by atoms with Gasteiger partial charge in [-0.1, -0.05) is 12.1 Å². The smallest absolute Gasteiger partial charge is 0.335 e. The molecule has 0 bridgehead atoms. The molecule has 2 aromatic carbocycles. The molecule has 0 aromatic heterocycles. The summed E-state index contributed by atoms with van der Waals surface area (Å²) >= 11 is 0. The van der Waals surface area contributed by atoms with Gasteiger partial charge in [-0.3, -0.25) is 0 Å². The average Bonchev–Trinajstić information content (AvgIpc) is 2.43. The van der Waals surface area contributed by atoms with Crippen LogP contribution in [0.4, 0.5) is 0 Å². The second kappa shape index (κ2) is 6.10. The Morgan fingerprint density at radius 1 is 1.10 bits per heavy atom. The predicted molar refractivity (Wildman–Crippen MR) is 75.8 cm³/mol. The van der Waals surface area contributed by atoms with Crippen molar-refractivity contribution in [2.24, 2.45) is 0 Å². The molecule has 0 aliphatic heterocycles. The zero-order chi connectivity index (χ0) is 14.5. The highest BCUT2D eigenvalue weighted by Gasteiger charge is 2.09. The van der Waals surface area contributed by atoms with E-state index in [1.54, 1.807) is 12.1 Å². The fourth-order valence-electron chi connectivity index (χ4n) is 1.82. The molecule has 0 radical (unpaired) electrons. The lowest BCUT2D eigenvalue weighted by molar-refractivity contribution is 0.0696. The molecule has 0 fully saturated rings. The minimum atomic E-state index is -0.950. The van der Waals surface area contributed by atoms with Gasteiger partial charge in [0.2, 0.25) is 0 Å². The third-order valence-electron chi connectivity index (χ3n) is 2.79. The number of benzene rings is 2. The summed E-state index contributed by atoms with van der Waals surface area (Å²) in [6.07, 6.45) is 0. The van der Waals surface area contributed by atoms with Gasteiger partial charge in [0.05, 0.1) is 12.2 Å². The van der Waals surface area contributed by atoms with Crippen LogP contribution in [-0.4, -0.2) is 17.7 Å². The van der Waals surface area contributed by atoms with E-state index in [2.05, 4.69) is 0 Å². The van der Waals surface area contributed by atoms with Gasteiger partial charge < -0.3 is 14.6 Å². The summed E-state index contributed by atoms with van der Waals surface area (Å²) in [6.45, 7) is 4.27. The molecular weight excluding hydrogens is 256 g/mol. The Labute approximate surface area is 117 Å². The van der Waals surface area contributed by atoms with Crippen molar-refractivity contribution < 1.29 is 19.4 Å². The highest BCUT2D eigenvalue weighted by molar-refractivity contribution is 5.88. The molecule has 0 saturated heterocycles. The van der Waals surface area contributed by atoms with Crippen LogP contribution in [0.1, 0.15) is 22.8 Å². The molecule has 2 aromatic rings. The maximum Gasteiger partial charge on any atom is 0.335 e. The first-order valence-corrected chi connectivity index (χ1v) is 6.35. The Kier molecular flexibility index (Phi) is 4.25. The van der Waals surface area contributed by atoms with E-state index in [9.17, 15) is 4.79 Å². The largest absolute Gasteiger partial charge is 0.490 e. The van der Waals surface area contributed by atoms with Gasteiger partial charge in [0.25, 0.3) is 0 Å². The van der Waals surface area contributed by atoms with Crippen LogP contribution in [0.15, 0.2) is 42.5 Å². The number of aryl methyl sites for hydroxylation is 1. The van der Waals surface area contributed by atoms with Crippen LogP contribution < -0.4 is 9.47 Å². The second-order valence-electron chi connectivity index (χ2n) is 4.27. The molecule has 0 spiro atoms. The van der Waals surface area contributed by atoms with Gasteiger partial charge in [-0.05, 0) is 49.7 Å². The SMILES string of the molecule is CCOc1ccccc1Oc1ccc(C(=O)O)cc1C. The van der Waals surface area contributed by atoms with Crippen LogP contribution in [0.2, 0.25) is 0 Å². The van der Waals surface area contributed by atoms with Crippen molar-refractivity contribution >= 4 is 5.97 Å². The maximum atomic E-state index is 10.9. The van der Waals surface area contributed by atoms with Gasteiger partial charge in [0.15, 0.2) is 11.5 Å². The lowest BCUT2D eigenvalue weighted by Gasteiger charge is -2.13. The lowest BCUT2D eigenvalue weighted by Crippen LogP contribution is -1.98. The first-order valence-electron chi connectivity index (χ1n) is 6.35. The summed E-state index contributed by atoms with van der Waals surface area (Å²) in [5.41, 5.74) is 1.00. The summed E-state index contributed by atoms with van der Waals surface area (Å²) < 4.78 is 11.3. The molecule has 0 unspecified atom stereocenters. The third kappa shape index (κ3) is 3.09. The summed E-state index contributed by atoms with van der Waals surface area (Å²) in [4.78, 5) is 10.9. The molecule has 20 heavy (non-hydrogen) atoms. The van der Waals surface area contributed by atoms with Gasteiger partial charge in [-0.25, -0.2) is 4.79 Å². The van der Waals surface area contributed by atoms with Crippen LogP contribution in [0.3, 0.4) is 0 Å². The number of rotatable bonds is 5.